The normalized spacial score (nSPS) is 10.1. The van der Waals surface area contributed by atoms with E-state index < -0.39 is 17.6 Å². The maximum Gasteiger partial charge on any atom is 0.262 e. The van der Waals surface area contributed by atoms with Gasteiger partial charge < -0.3 is 15.8 Å². The zero-order chi connectivity index (χ0) is 16.1. The fourth-order valence-electron chi connectivity index (χ4n) is 1.72. The van der Waals surface area contributed by atoms with Gasteiger partial charge in [0.15, 0.2) is 6.61 Å². The van der Waals surface area contributed by atoms with E-state index in [0.717, 1.165) is 0 Å². The van der Waals surface area contributed by atoms with Gasteiger partial charge in [-0.3, -0.25) is 9.59 Å². The van der Waals surface area contributed by atoms with Crippen molar-refractivity contribution in [2.24, 2.45) is 5.73 Å². The SMILES string of the molecule is NC(=O)c1ccccc1OCC(=O)Nc1ccc(Br)cc1F. The molecule has 5 nitrogen and oxygen atoms in total. The minimum atomic E-state index is -0.657. The number of nitrogens with two attached hydrogens (primary N) is 1. The van der Waals surface area contributed by atoms with Crippen molar-refractivity contribution in [3.8, 4) is 5.75 Å². The second-order valence-corrected chi connectivity index (χ2v) is 5.24. The Kier molecular flexibility index (Phi) is 5.11. The Morgan fingerprint density at radius 3 is 2.64 bits per heavy atom. The lowest BCUT2D eigenvalue weighted by Crippen LogP contribution is -2.22. The first-order chi connectivity index (χ1) is 10.5. The molecule has 0 saturated heterocycles. The van der Waals surface area contributed by atoms with E-state index in [-0.39, 0.29) is 23.6 Å². The van der Waals surface area contributed by atoms with Gasteiger partial charge in [0.2, 0.25) is 0 Å². The molecule has 2 rings (SSSR count). The highest BCUT2D eigenvalue weighted by Crippen LogP contribution is 2.20. The number of amides is 2. The molecule has 0 saturated carbocycles. The first-order valence-electron chi connectivity index (χ1n) is 6.24. The number of carbonyl (C=O) groups excluding carboxylic acids is 2. The average molecular weight is 367 g/mol. The van der Waals surface area contributed by atoms with Crippen LogP contribution in [0.15, 0.2) is 46.9 Å². The number of primary amides is 1. The van der Waals surface area contributed by atoms with Gasteiger partial charge in [0.05, 0.1) is 11.3 Å². The van der Waals surface area contributed by atoms with E-state index in [1.165, 1.54) is 24.3 Å². The van der Waals surface area contributed by atoms with E-state index in [2.05, 4.69) is 21.2 Å². The molecule has 114 valence electrons. The number of rotatable bonds is 5. The molecule has 0 heterocycles. The van der Waals surface area contributed by atoms with Crippen LogP contribution in [0.1, 0.15) is 10.4 Å². The number of hydrogen-bond acceptors (Lipinski definition) is 3. The van der Waals surface area contributed by atoms with Crippen LogP contribution in [0.2, 0.25) is 0 Å². The molecule has 0 aliphatic carbocycles. The standard InChI is InChI=1S/C15H12BrFN2O3/c16-9-5-6-12(11(17)7-9)19-14(20)8-22-13-4-2-1-3-10(13)15(18)21/h1-7H,8H2,(H2,18,21)(H,19,20). The first kappa shape index (κ1) is 16.0. The molecule has 7 heteroatoms. The quantitative estimate of drug-likeness (QED) is 0.853. The third-order valence-corrected chi connectivity index (χ3v) is 3.21. The monoisotopic (exact) mass is 366 g/mol. The molecule has 0 spiro atoms. The number of benzene rings is 2. The van der Waals surface area contributed by atoms with E-state index in [9.17, 15) is 14.0 Å². The number of carbonyl (C=O) groups is 2. The number of nitrogens with one attached hydrogen (secondary N) is 1. The predicted octanol–water partition coefficient (Wildman–Crippen LogP) is 2.70. The summed E-state index contributed by atoms with van der Waals surface area (Å²) >= 11 is 3.12. The van der Waals surface area contributed by atoms with Crippen molar-refractivity contribution in [1.29, 1.82) is 0 Å². The lowest BCUT2D eigenvalue weighted by atomic mass is 10.2. The summed E-state index contributed by atoms with van der Waals surface area (Å²) in [5.41, 5.74) is 5.42. The van der Waals surface area contributed by atoms with Crippen LogP contribution in [-0.4, -0.2) is 18.4 Å². The average Bonchev–Trinajstić information content (AvgIpc) is 2.48. The smallest absolute Gasteiger partial charge is 0.262 e. The molecule has 0 atom stereocenters. The van der Waals surface area contributed by atoms with E-state index in [4.69, 9.17) is 10.5 Å². The van der Waals surface area contributed by atoms with Crippen molar-refractivity contribution < 1.29 is 18.7 Å². The largest absolute Gasteiger partial charge is 0.483 e. The molecule has 0 bridgehead atoms. The van der Waals surface area contributed by atoms with Gasteiger partial charge in [0, 0.05) is 4.47 Å². The minimum absolute atomic E-state index is 0.0417. The molecule has 2 aromatic rings. The molecule has 0 aliphatic heterocycles. The van der Waals surface area contributed by atoms with Gasteiger partial charge in [-0.15, -0.1) is 0 Å². The van der Waals surface area contributed by atoms with Crippen molar-refractivity contribution in [3.63, 3.8) is 0 Å². The van der Waals surface area contributed by atoms with Gasteiger partial charge in [-0.1, -0.05) is 28.1 Å². The topological polar surface area (TPSA) is 81.4 Å². The van der Waals surface area contributed by atoms with Gasteiger partial charge >= 0.3 is 0 Å². The van der Waals surface area contributed by atoms with Crippen molar-refractivity contribution >= 4 is 33.4 Å². The summed E-state index contributed by atoms with van der Waals surface area (Å²) in [6.07, 6.45) is 0. The Labute approximate surface area is 134 Å². The number of anilines is 1. The Bertz CT molecular complexity index is 722. The van der Waals surface area contributed by atoms with Crippen LogP contribution in [-0.2, 0) is 4.79 Å². The molecule has 3 N–H and O–H groups in total. The van der Waals surface area contributed by atoms with Crippen LogP contribution in [0.5, 0.6) is 5.75 Å². The van der Waals surface area contributed by atoms with Crippen LogP contribution in [0.25, 0.3) is 0 Å². The molecular formula is C15H12BrFN2O3. The molecule has 0 unspecified atom stereocenters. The lowest BCUT2D eigenvalue weighted by Gasteiger charge is -2.10. The van der Waals surface area contributed by atoms with Crippen molar-refractivity contribution in [1.82, 2.24) is 0 Å². The molecular weight excluding hydrogens is 355 g/mol. The number of hydrogen-bond donors (Lipinski definition) is 2. The third kappa shape index (κ3) is 4.05. The molecule has 0 fully saturated rings. The Morgan fingerprint density at radius 2 is 1.95 bits per heavy atom. The molecule has 0 aromatic heterocycles. The summed E-state index contributed by atoms with van der Waals surface area (Å²) < 4.78 is 19.4. The highest BCUT2D eigenvalue weighted by Gasteiger charge is 2.11. The number of para-hydroxylation sites is 1. The van der Waals surface area contributed by atoms with Gasteiger partial charge in [0.25, 0.3) is 11.8 Å². The highest BCUT2D eigenvalue weighted by atomic mass is 79.9. The fourth-order valence-corrected chi connectivity index (χ4v) is 2.05. The second-order valence-electron chi connectivity index (χ2n) is 4.32. The summed E-state index contributed by atoms with van der Waals surface area (Å²) in [4.78, 5) is 23.0. The third-order valence-electron chi connectivity index (χ3n) is 2.72. The van der Waals surface area contributed by atoms with Crippen molar-refractivity contribution in [3.05, 3.63) is 58.3 Å². The maximum atomic E-state index is 13.6. The highest BCUT2D eigenvalue weighted by molar-refractivity contribution is 9.10. The Morgan fingerprint density at radius 1 is 1.23 bits per heavy atom. The fraction of sp³-hybridized carbons (Fsp3) is 0.0667. The predicted molar refractivity (Wildman–Crippen MR) is 83.2 cm³/mol. The van der Waals surface area contributed by atoms with Crippen molar-refractivity contribution in [2.75, 3.05) is 11.9 Å². The molecule has 2 aromatic carbocycles. The molecule has 0 radical (unpaired) electrons. The summed E-state index contributed by atoms with van der Waals surface area (Å²) in [6.45, 7) is -0.375. The Balaban J connectivity index is 2.00. The maximum absolute atomic E-state index is 13.6. The zero-order valence-electron chi connectivity index (χ0n) is 11.3. The van der Waals surface area contributed by atoms with E-state index in [1.807, 2.05) is 0 Å². The first-order valence-corrected chi connectivity index (χ1v) is 7.03. The molecule has 0 aliphatic rings. The summed E-state index contributed by atoms with van der Waals surface area (Å²) in [7, 11) is 0. The van der Waals surface area contributed by atoms with Gasteiger partial charge in [0.1, 0.15) is 11.6 Å². The molecule has 22 heavy (non-hydrogen) atoms. The van der Waals surface area contributed by atoms with Crippen LogP contribution in [0, 0.1) is 5.82 Å². The summed E-state index contributed by atoms with van der Waals surface area (Å²) in [5.74, 6) is -1.59. The summed E-state index contributed by atoms with van der Waals surface area (Å²) in [6, 6.07) is 10.5. The van der Waals surface area contributed by atoms with Gasteiger partial charge in [-0.25, -0.2) is 4.39 Å². The Hall–Kier alpha value is -2.41. The van der Waals surface area contributed by atoms with Gasteiger partial charge in [-0.05, 0) is 30.3 Å². The van der Waals surface area contributed by atoms with Crippen molar-refractivity contribution in [2.45, 2.75) is 0 Å². The lowest BCUT2D eigenvalue weighted by molar-refractivity contribution is -0.118. The van der Waals surface area contributed by atoms with Crippen LogP contribution in [0.3, 0.4) is 0 Å². The minimum Gasteiger partial charge on any atom is -0.483 e. The van der Waals surface area contributed by atoms with Gasteiger partial charge in [-0.2, -0.15) is 0 Å². The number of ether oxygens (including phenoxy) is 1. The van der Waals surface area contributed by atoms with E-state index in [1.54, 1.807) is 18.2 Å². The van der Waals surface area contributed by atoms with Crippen LogP contribution >= 0.6 is 15.9 Å². The van der Waals surface area contributed by atoms with E-state index in [0.29, 0.717) is 4.47 Å². The number of halogens is 2. The van der Waals surface area contributed by atoms with Crippen LogP contribution < -0.4 is 15.8 Å². The van der Waals surface area contributed by atoms with E-state index >= 15 is 0 Å². The van der Waals surface area contributed by atoms with Crippen LogP contribution in [0.4, 0.5) is 10.1 Å². The summed E-state index contributed by atoms with van der Waals surface area (Å²) in [5, 5.41) is 2.38. The molecule has 2 amide bonds. The second kappa shape index (κ2) is 7.04. The zero-order valence-corrected chi connectivity index (χ0v) is 12.9.